The Kier molecular flexibility index (Phi) is 4.46. The van der Waals surface area contributed by atoms with E-state index in [4.69, 9.17) is 22.1 Å². The number of nitrogen functional groups attached to an aromatic ring is 1. The highest BCUT2D eigenvalue weighted by Crippen LogP contribution is 2.32. The first-order valence-electron chi connectivity index (χ1n) is 6.40. The predicted molar refractivity (Wildman–Crippen MR) is 79.3 cm³/mol. The number of hydrogen-bond donors (Lipinski definition) is 1. The first-order valence-corrected chi connectivity index (χ1v) is 8.22. The van der Waals surface area contributed by atoms with Crippen LogP contribution in [0.3, 0.4) is 0 Å². The van der Waals surface area contributed by atoms with Gasteiger partial charge in [-0.05, 0) is 24.1 Å². The fourth-order valence-corrected chi connectivity index (χ4v) is 4.51. The molecule has 21 heavy (non-hydrogen) atoms. The molecule has 1 aliphatic rings. The lowest BCUT2D eigenvalue weighted by Crippen LogP contribution is -2.30. The predicted octanol–water partition coefficient (Wildman–Crippen LogP) is 1.35. The van der Waals surface area contributed by atoms with E-state index in [-0.39, 0.29) is 28.9 Å². The number of carbonyl (C=O) groups excluding carboxylic acids is 1. The summed E-state index contributed by atoms with van der Waals surface area (Å²) in [6, 6.07) is 4.31. The molecule has 1 saturated heterocycles. The number of carbonyl (C=O) groups is 1. The van der Waals surface area contributed by atoms with Gasteiger partial charge in [-0.2, -0.15) is 4.31 Å². The number of rotatable bonds is 3. The third-order valence-corrected chi connectivity index (χ3v) is 5.97. The third-order valence-electron chi connectivity index (χ3n) is 3.66. The van der Waals surface area contributed by atoms with Crippen LogP contribution in [0, 0.1) is 11.8 Å². The van der Waals surface area contributed by atoms with E-state index >= 15 is 0 Å². The molecule has 1 aliphatic heterocycles. The monoisotopic (exact) mass is 332 g/mol. The van der Waals surface area contributed by atoms with Gasteiger partial charge in [0.1, 0.15) is 4.90 Å². The van der Waals surface area contributed by atoms with Crippen LogP contribution in [0.5, 0.6) is 0 Å². The van der Waals surface area contributed by atoms with E-state index in [2.05, 4.69) is 0 Å². The van der Waals surface area contributed by atoms with Gasteiger partial charge < -0.3 is 10.5 Å². The molecule has 2 rings (SSSR count). The number of hydrogen-bond acceptors (Lipinski definition) is 5. The van der Waals surface area contributed by atoms with Crippen LogP contribution in [0.1, 0.15) is 6.92 Å². The van der Waals surface area contributed by atoms with Crippen molar-refractivity contribution < 1.29 is 17.9 Å². The van der Waals surface area contributed by atoms with Crippen LogP contribution >= 0.6 is 11.6 Å². The van der Waals surface area contributed by atoms with E-state index in [1.165, 1.54) is 29.6 Å². The van der Waals surface area contributed by atoms with Crippen LogP contribution in [0.15, 0.2) is 23.1 Å². The highest BCUT2D eigenvalue weighted by molar-refractivity contribution is 7.89. The van der Waals surface area contributed by atoms with Crippen molar-refractivity contribution >= 4 is 33.3 Å². The van der Waals surface area contributed by atoms with Gasteiger partial charge in [-0.1, -0.05) is 18.5 Å². The van der Waals surface area contributed by atoms with E-state index in [1.807, 2.05) is 6.92 Å². The summed E-state index contributed by atoms with van der Waals surface area (Å²) in [4.78, 5) is 11.6. The number of sulfonamides is 1. The molecule has 0 radical (unpaired) electrons. The summed E-state index contributed by atoms with van der Waals surface area (Å²) in [5, 5.41) is 0.110. The highest BCUT2D eigenvalue weighted by atomic mass is 35.5. The van der Waals surface area contributed by atoms with Gasteiger partial charge in [0, 0.05) is 18.8 Å². The maximum atomic E-state index is 12.6. The molecule has 1 heterocycles. The van der Waals surface area contributed by atoms with Gasteiger partial charge in [0.2, 0.25) is 10.0 Å². The Bertz CT molecular complexity index is 662. The molecule has 2 N–H and O–H groups in total. The van der Waals surface area contributed by atoms with Crippen LogP contribution in [-0.2, 0) is 19.6 Å². The quantitative estimate of drug-likeness (QED) is 0.666. The molecule has 6 nitrogen and oxygen atoms in total. The van der Waals surface area contributed by atoms with Crippen LogP contribution in [0.25, 0.3) is 0 Å². The Labute approximate surface area is 128 Å². The molecule has 1 aromatic carbocycles. The van der Waals surface area contributed by atoms with E-state index in [0.717, 1.165) is 0 Å². The molecule has 0 amide bonds. The summed E-state index contributed by atoms with van der Waals surface area (Å²) in [7, 11) is -2.49. The Balaban J connectivity index is 2.33. The SMILES string of the molecule is COC(=O)C1CN(S(=O)(=O)c2cc(N)ccc2Cl)CC1C. The topological polar surface area (TPSA) is 89.7 Å². The molecule has 0 spiro atoms. The van der Waals surface area contributed by atoms with E-state index in [9.17, 15) is 13.2 Å². The molecule has 2 atom stereocenters. The Morgan fingerprint density at radius 1 is 1.43 bits per heavy atom. The second kappa shape index (κ2) is 5.82. The van der Waals surface area contributed by atoms with Crippen molar-refractivity contribution in [2.75, 3.05) is 25.9 Å². The first-order chi connectivity index (χ1) is 9.77. The van der Waals surface area contributed by atoms with Crippen molar-refractivity contribution in [3.05, 3.63) is 23.2 Å². The zero-order chi connectivity index (χ0) is 15.8. The summed E-state index contributed by atoms with van der Waals surface area (Å²) in [5.41, 5.74) is 5.95. The first kappa shape index (κ1) is 16.1. The molecule has 8 heteroatoms. The van der Waals surface area contributed by atoms with Gasteiger partial charge in [-0.3, -0.25) is 4.79 Å². The van der Waals surface area contributed by atoms with Crippen LogP contribution in [0.2, 0.25) is 5.02 Å². The number of methoxy groups -OCH3 is 1. The largest absolute Gasteiger partial charge is 0.469 e. The van der Waals surface area contributed by atoms with Crippen LogP contribution in [-0.4, -0.2) is 38.9 Å². The second-order valence-corrected chi connectivity index (χ2v) is 7.43. The Hall–Kier alpha value is -1.31. The number of ether oxygens (including phenoxy) is 1. The molecule has 1 fully saturated rings. The molecule has 2 unspecified atom stereocenters. The average molecular weight is 333 g/mol. The normalized spacial score (nSPS) is 23.2. The standard InChI is InChI=1S/C13H17ClN2O4S/c1-8-6-16(7-10(8)13(17)20-2)21(18,19)12-5-9(15)3-4-11(12)14/h3-5,8,10H,6-7,15H2,1-2H3. The maximum absolute atomic E-state index is 12.6. The van der Waals surface area contributed by atoms with Gasteiger partial charge in [0.05, 0.1) is 18.1 Å². The lowest BCUT2D eigenvalue weighted by atomic mass is 9.99. The summed E-state index contributed by atoms with van der Waals surface area (Å²) in [5.74, 6) is -0.990. The van der Waals surface area contributed by atoms with Gasteiger partial charge in [0.15, 0.2) is 0 Å². The van der Waals surface area contributed by atoms with Gasteiger partial charge >= 0.3 is 5.97 Å². The van der Waals surface area contributed by atoms with Crippen LogP contribution < -0.4 is 5.73 Å². The molecular formula is C13H17ClN2O4S. The summed E-state index contributed by atoms with van der Waals surface area (Å²) < 4.78 is 31.2. The van der Waals surface area contributed by atoms with Gasteiger partial charge in [0.25, 0.3) is 0 Å². The van der Waals surface area contributed by atoms with Crippen molar-refractivity contribution in [2.24, 2.45) is 11.8 Å². The number of nitrogens with two attached hydrogens (primary N) is 1. The lowest BCUT2D eigenvalue weighted by Gasteiger charge is -2.17. The number of halogens is 1. The van der Waals surface area contributed by atoms with Crippen molar-refractivity contribution in [1.29, 1.82) is 0 Å². The molecule has 1 aromatic rings. The minimum atomic E-state index is -3.79. The van der Waals surface area contributed by atoms with Gasteiger partial charge in [-0.15, -0.1) is 0 Å². The van der Waals surface area contributed by atoms with E-state index < -0.39 is 21.9 Å². The number of esters is 1. The second-order valence-electron chi connectivity index (χ2n) is 5.12. The van der Waals surface area contributed by atoms with Crippen molar-refractivity contribution in [1.82, 2.24) is 4.31 Å². The van der Waals surface area contributed by atoms with E-state index in [1.54, 1.807) is 0 Å². The van der Waals surface area contributed by atoms with E-state index in [0.29, 0.717) is 5.69 Å². The molecular weight excluding hydrogens is 316 g/mol. The molecule has 116 valence electrons. The molecule has 0 saturated carbocycles. The van der Waals surface area contributed by atoms with Crippen molar-refractivity contribution in [2.45, 2.75) is 11.8 Å². The minimum Gasteiger partial charge on any atom is -0.469 e. The lowest BCUT2D eigenvalue weighted by molar-refractivity contribution is -0.145. The summed E-state index contributed by atoms with van der Waals surface area (Å²) in [6.07, 6.45) is 0. The average Bonchev–Trinajstić information content (AvgIpc) is 2.83. The molecule has 0 aromatic heterocycles. The number of nitrogens with zero attached hydrogens (tertiary/aromatic N) is 1. The summed E-state index contributed by atoms with van der Waals surface area (Å²) >= 11 is 5.97. The van der Waals surface area contributed by atoms with Crippen molar-refractivity contribution in [3.63, 3.8) is 0 Å². The third kappa shape index (κ3) is 3.00. The van der Waals surface area contributed by atoms with Crippen molar-refractivity contribution in [3.8, 4) is 0 Å². The Morgan fingerprint density at radius 2 is 2.10 bits per heavy atom. The number of benzene rings is 1. The molecule has 0 aliphatic carbocycles. The fraction of sp³-hybridized carbons (Fsp3) is 0.462. The minimum absolute atomic E-state index is 0.0399. The zero-order valence-corrected chi connectivity index (χ0v) is 13.3. The molecule has 0 bridgehead atoms. The highest BCUT2D eigenvalue weighted by Gasteiger charge is 2.41. The maximum Gasteiger partial charge on any atom is 0.310 e. The zero-order valence-electron chi connectivity index (χ0n) is 11.7. The fourth-order valence-electron chi connectivity index (χ4n) is 2.43. The van der Waals surface area contributed by atoms with Gasteiger partial charge in [-0.25, -0.2) is 8.42 Å². The smallest absolute Gasteiger partial charge is 0.310 e. The van der Waals surface area contributed by atoms with Crippen LogP contribution in [0.4, 0.5) is 5.69 Å². The Morgan fingerprint density at radius 3 is 2.71 bits per heavy atom. The summed E-state index contributed by atoms with van der Waals surface area (Å²) in [6.45, 7) is 2.15. The number of anilines is 1.